The van der Waals surface area contributed by atoms with Crippen LogP contribution in [0, 0.1) is 5.92 Å². The van der Waals surface area contributed by atoms with Crippen molar-refractivity contribution in [3.63, 3.8) is 0 Å². The first-order chi connectivity index (χ1) is 15.5. The number of fused-ring (bicyclic) bond motifs is 1. The molecule has 9 nitrogen and oxygen atoms in total. The van der Waals surface area contributed by atoms with E-state index in [-0.39, 0.29) is 6.03 Å². The number of carbonyl (C=O) groups excluding carboxylic acids is 1. The number of nitrogens with zero attached hydrogens (tertiary/aromatic N) is 4. The fourth-order valence-corrected chi connectivity index (χ4v) is 3.56. The van der Waals surface area contributed by atoms with E-state index in [0.29, 0.717) is 40.6 Å². The SMILES string of the molecule is CC(C)CNC(=O)Nc1ccc2cnc(Nc3ccc(N4CCNCC4)cc3Cl)nc2n1. The van der Waals surface area contributed by atoms with Gasteiger partial charge in [-0.15, -0.1) is 0 Å². The lowest BCUT2D eigenvalue weighted by molar-refractivity contribution is 0.251. The molecule has 3 aromatic rings. The van der Waals surface area contributed by atoms with Gasteiger partial charge in [0.1, 0.15) is 5.82 Å². The third-order valence-corrected chi connectivity index (χ3v) is 5.35. The Hall–Kier alpha value is -3.17. The Labute approximate surface area is 192 Å². The van der Waals surface area contributed by atoms with Crippen LogP contribution in [0.5, 0.6) is 0 Å². The molecule has 1 aliphatic heterocycles. The smallest absolute Gasteiger partial charge is 0.320 e. The largest absolute Gasteiger partial charge is 0.369 e. The van der Waals surface area contributed by atoms with Crippen LogP contribution in [0.1, 0.15) is 13.8 Å². The van der Waals surface area contributed by atoms with Crippen molar-refractivity contribution in [3.05, 3.63) is 41.6 Å². The molecule has 0 aliphatic carbocycles. The summed E-state index contributed by atoms with van der Waals surface area (Å²) in [5.74, 6) is 1.16. The Kier molecular flexibility index (Phi) is 6.87. The summed E-state index contributed by atoms with van der Waals surface area (Å²) in [5, 5.41) is 13.4. The molecular weight excluding hydrogens is 428 g/mol. The summed E-state index contributed by atoms with van der Waals surface area (Å²) in [5.41, 5.74) is 2.28. The number of carbonyl (C=O) groups is 1. The van der Waals surface area contributed by atoms with Crippen LogP contribution in [-0.2, 0) is 0 Å². The second-order valence-electron chi connectivity index (χ2n) is 8.06. The van der Waals surface area contributed by atoms with E-state index in [1.54, 1.807) is 12.3 Å². The molecule has 0 radical (unpaired) electrons. The molecule has 1 saturated heterocycles. The van der Waals surface area contributed by atoms with Crippen molar-refractivity contribution < 1.29 is 4.79 Å². The fourth-order valence-electron chi connectivity index (χ4n) is 3.34. The van der Waals surface area contributed by atoms with Gasteiger partial charge in [0.25, 0.3) is 0 Å². The molecule has 1 fully saturated rings. The minimum Gasteiger partial charge on any atom is -0.369 e. The number of amides is 2. The van der Waals surface area contributed by atoms with Crippen LogP contribution in [0.4, 0.5) is 27.9 Å². The molecule has 3 heterocycles. The third kappa shape index (κ3) is 5.54. The maximum Gasteiger partial charge on any atom is 0.320 e. The zero-order chi connectivity index (χ0) is 22.5. The number of urea groups is 1. The predicted molar refractivity (Wildman–Crippen MR) is 129 cm³/mol. The van der Waals surface area contributed by atoms with Crippen molar-refractivity contribution in [1.29, 1.82) is 0 Å². The van der Waals surface area contributed by atoms with E-state index in [4.69, 9.17) is 11.6 Å². The second kappa shape index (κ2) is 9.97. The standard InChI is InChI=1S/C22H27ClN8O/c1-14(2)12-26-22(32)29-19-6-3-15-13-25-21(30-20(15)28-19)27-18-5-4-16(11-17(18)23)31-9-7-24-8-10-31/h3-6,11,13-14,24H,7-10,12H2,1-2H3,(H3,25,26,27,28,29,30,32). The van der Waals surface area contributed by atoms with Gasteiger partial charge >= 0.3 is 6.03 Å². The van der Waals surface area contributed by atoms with Crippen molar-refractivity contribution in [3.8, 4) is 0 Å². The van der Waals surface area contributed by atoms with Crippen LogP contribution in [0.15, 0.2) is 36.5 Å². The van der Waals surface area contributed by atoms with Gasteiger partial charge in [-0.1, -0.05) is 25.4 Å². The second-order valence-corrected chi connectivity index (χ2v) is 8.47. The summed E-state index contributed by atoms with van der Waals surface area (Å²) in [6.45, 7) is 8.49. The van der Waals surface area contributed by atoms with E-state index in [1.165, 1.54) is 0 Å². The van der Waals surface area contributed by atoms with Crippen molar-refractivity contribution in [2.24, 2.45) is 5.92 Å². The number of hydrogen-bond donors (Lipinski definition) is 4. The molecule has 4 N–H and O–H groups in total. The summed E-state index contributed by atoms with van der Waals surface area (Å²) in [6, 6.07) is 9.16. The predicted octanol–water partition coefficient (Wildman–Crippen LogP) is 3.61. The lowest BCUT2D eigenvalue weighted by atomic mass is 10.2. The molecule has 4 rings (SSSR count). The maximum absolute atomic E-state index is 12.0. The summed E-state index contributed by atoms with van der Waals surface area (Å²) < 4.78 is 0. The number of rotatable bonds is 6. The molecule has 2 amide bonds. The Bertz CT molecular complexity index is 1100. The van der Waals surface area contributed by atoms with E-state index in [9.17, 15) is 4.79 Å². The number of piperazine rings is 1. The monoisotopic (exact) mass is 454 g/mol. The van der Waals surface area contributed by atoms with Gasteiger partial charge in [-0.25, -0.2) is 14.8 Å². The van der Waals surface area contributed by atoms with Gasteiger partial charge in [0.05, 0.1) is 10.7 Å². The highest BCUT2D eigenvalue weighted by Crippen LogP contribution is 2.29. The van der Waals surface area contributed by atoms with E-state index >= 15 is 0 Å². The number of hydrogen-bond acceptors (Lipinski definition) is 7. The fraction of sp³-hybridized carbons (Fsp3) is 0.364. The third-order valence-electron chi connectivity index (χ3n) is 5.04. The Balaban J connectivity index is 1.47. The van der Waals surface area contributed by atoms with Crippen molar-refractivity contribution in [2.75, 3.05) is 48.3 Å². The summed E-state index contributed by atoms with van der Waals surface area (Å²) in [4.78, 5) is 27.6. The van der Waals surface area contributed by atoms with Gasteiger partial charge in [-0.05, 0) is 36.2 Å². The Morgan fingerprint density at radius 2 is 2.00 bits per heavy atom. The number of halogens is 1. The lowest BCUT2D eigenvalue weighted by Gasteiger charge is -2.29. The average Bonchev–Trinajstić information content (AvgIpc) is 2.79. The molecule has 1 aromatic carbocycles. The Morgan fingerprint density at radius 3 is 2.75 bits per heavy atom. The molecule has 0 atom stereocenters. The number of pyridine rings is 1. The molecular formula is C22H27ClN8O. The molecule has 0 bridgehead atoms. The van der Waals surface area contributed by atoms with E-state index in [0.717, 1.165) is 37.3 Å². The average molecular weight is 455 g/mol. The normalized spacial score (nSPS) is 13.9. The van der Waals surface area contributed by atoms with E-state index < -0.39 is 0 Å². The van der Waals surface area contributed by atoms with E-state index in [2.05, 4.69) is 41.1 Å². The van der Waals surface area contributed by atoms with Crippen LogP contribution in [0.3, 0.4) is 0 Å². The summed E-state index contributed by atoms with van der Waals surface area (Å²) >= 11 is 6.52. The van der Waals surface area contributed by atoms with Gasteiger partial charge in [0.15, 0.2) is 5.65 Å². The number of nitrogens with one attached hydrogen (secondary N) is 4. The number of anilines is 4. The zero-order valence-electron chi connectivity index (χ0n) is 18.2. The molecule has 0 spiro atoms. The molecule has 10 heteroatoms. The number of aromatic nitrogens is 3. The van der Waals surface area contributed by atoms with Gasteiger partial charge in [-0.2, -0.15) is 4.98 Å². The van der Waals surface area contributed by atoms with Crippen LogP contribution in [-0.4, -0.2) is 53.7 Å². The van der Waals surface area contributed by atoms with Crippen LogP contribution in [0.2, 0.25) is 5.02 Å². The summed E-state index contributed by atoms with van der Waals surface area (Å²) in [7, 11) is 0. The quantitative estimate of drug-likeness (QED) is 0.450. The zero-order valence-corrected chi connectivity index (χ0v) is 18.9. The van der Waals surface area contributed by atoms with E-state index in [1.807, 2.05) is 38.1 Å². The molecule has 2 aromatic heterocycles. The summed E-state index contributed by atoms with van der Waals surface area (Å²) in [6.07, 6.45) is 1.68. The maximum atomic E-state index is 12.0. The molecule has 168 valence electrons. The van der Waals surface area contributed by atoms with Gasteiger partial charge < -0.3 is 20.9 Å². The van der Waals surface area contributed by atoms with Crippen molar-refractivity contribution >= 4 is 51.8 Å². The first kappa shape index (κ1) is 22.0. The first-order valence-electron chi connectivity index (χ1n) is 10.7. The van der Waals surface area contributed by atoms with Gasteiger partial charge in [0.2, 0.25) is 5.95 Å². The van der Waals surface area contributed by atoms with Crippen molar-refractivity contribution in [1.82, 2.24) is 25.6 Å². The highest BCUT2D eigenvalue weighted by molar-refractivity contribution is 6.33. The Morgan fingerprint density at radius 1 is 1.19 bits per heavy atom. The molecule has 32 heavy (non-hydrogen) atoms. The van der Waals surface area contributed by atoms with Crippen LogP contribution >= 0.6 is 11.6 Å². The highest BCUT2D eigenvalue weighted by Gasteiger charge is 2.13. The number of benzene rings is 1. The lowest BCUT2D eigenvalue weighted by Crippen LogP contribution is -2.43. The topological polar surface area (TPSA) is 107 Å². The van der Waals surface area contributed by atoms with Gasteiger partial charge in [-0.3, -0.25) is 5.32 Å². The molecule has 1 aliphatic rings. The minimum atomic E-state index is -0.297. The first-order valence-corrected chi connectivity index (χ1v) is 11.1. The molecule has 0 unspecified atom stereocenters. The highest BCUT2D eigenvalue weighted by atomic mass is 35.5. The minimum absolute atomic E-state index is 0.297. The van der Waals surface area contributed by atoms with Crippen LogP contribution in [0.25, 0.3) is 11.0 Å². The van der Waals surface area contributed by atoms with Gasteiger partial charge in [0, 0.05) is 50.0 Å². The van der Waals surface area contributed by atoms with Crippen LogP contribution < -0.4 is 26.2 Å². The molecule has 0 saturated carbocycles. The van der Waals surface area contributed by atoms with Crippen molar-refractivity contribution in [2.45, 2.75) is 13.8 Å².